The molecule has 0 aliphatic carbocycles. The Morgan fingerprint density at radius 1 is 1.37 bits per heavy atom. The van der Waals surface area contributed by atoms with Gasteiger partial charge in [-0.25, -0.2) is 12.7 Å². The molecule has 2 aromatic rings. The molecule has 1 aliphatic rings. The van der Waals surface area contributed by atoms with Crippen molar-refractivity contribution in [2.24, 2.45) is 0 Å². The molecule has 3 heterocycles. The van der Waals surface area contributed by atoms with Gasteiger partial charge in [0.25, 0.3) is 0 Å². The Kier molecular flexibility index (Phi) is 3.06. The van der Waals surface area contributed by atoms with Gasteiger partial charge in [-0.05, 0) is 30.4 Å². The van der Waals surface area contributed by atoms with E-state index in [0.29, 0.717) is 19.0 Å². The van der Waals surface area contributed by atoms with Crippen LogP contribution < -0.4 is 0 Å². The topological polar surface area (TPSA) is 66.1 Å². The molecule has 1 N–H and O–H groups in total. The number of aromatic nitrogens is 2. The second-order valence-electron chi connectivity index (χ2n) is 5.10. The smallest absolute Gasteiger partial charge is 0.211 e. The lowest BCUT2D eigenvalue weighted by molar-refractivity contribution is 0.322. The molecule has 1 aliphatic heterocycles. The summed E-state index contributed by atoms with van der Waals surface area (Å²) in [5, 5.41) is 1.20. The first-order chi connectivity index (χ1) is 9.05. The second kappa shape index (κ2) is 4.61. The number of aromatic amines is 1. The minimum atomic E-state index is -3.05. The maximum absolute atomic E-state index is 11.5. The monoisotopic (exact) mass is 279 g/mol. The number of sulfonamides is 1. The van der Waals surface area contributed by atoms with Crippen molar-refractivity contribution < 1.29 is 8.42 Å². The van der Waals surface area contributed by atoms with Gasteiger partial charge in [-0.1, -0.05) is 0 Å². The summed E-state index contributed by atoms with van der Waals surface area (Å²) in [6, 6.07) is 2.02. The summed E-state index contributed by atoms with van der Waals surface area (Å²) in [5.74, 6) is 0.425. The Bertz CT molecular complexity index is 685. The molecule has 0 unspecified atom stereocenters. The highest BCUT2D eigenvalue weighted by Crippen LogP contribution is 2.33. The van der Waals surface area contributed by atoms with Gasteiger partial charge in [-0.3, -0.25) is 4.98 Å². The molecule has 102 valence electrons. The van der Waals surface area contributed by atoms with Gasteiger partial charge in [0.15, 0.2) is 0 Å². The van der Waals surface area contributed by atoms with Gasteiger partial charge in [0.05, 0.1) is 18.0 Å². The predicted octanol–water partition coefficient (Wildman–Crippen LogP) is 1.70. The molecular formula is C13H17N3O2S. The molecule has 5 nitrogen and oxygen atoms in total. The summed E-state index contributed by atoms with van der Waals surface area (Å²) in [4.78, 5) is 7.33. The van der Waals surface area contributed by atoms with Gasteiger partial charge in [-0.15, -0.1) is 0 Å². The van der Waals surface area contributed by atoms with E-state index < -0.39 is 10.0 Å². The molecule has 0 amide bonds. The summed E-state index contributed by atoms with van der Waals surface area (Å²) in [6.07, 6.45) is 8.69. The lowest BCUT2D eigenvalue weighted by Gasteiger charge is -2.30. The van der Waals surface area contributed by atoms with Crippen molar-refractivity contribution >= 4 is 20.9 Å². The van der Waals surface area contributed by atoms with Crippen LogP contribution in [0.15, 0.2) is 24.7 Å². The Morgan fingerprint density at radius 2 is 2.11 bits per heavy atom. The summed E-state index contributed by atoms with van der Waals surface area (Å²) >= 11 is 0. The van der Waals surface area contributed by atoms with Gasteiger partial charge >= 0.3 is 0 Å². The van der Waals surface area contributed by atoms with Crippen molar-refractivity contribution in [1.82, 2.24) is 14.3 Å². The van der Waals surface area contributed by atoms with Crippen LogP contribution in [0.1, 0.15) is 24.3 Å². The zero-order valence-electron chi connectivity index (χ0n) is 10.8. The zero-order chi connectivity index (χ0) is 13.5. The van der Waals surface area contributed by atoms with Crippen LogP contribution in [0.2, 0.25) is 0 Å². The summed E-state index contributed by atoms with van der Waals surface area (Å²) in [6.45, 7) is 1.22. The molecule has 0 radical (unpaired) electrons. The number of hydrogen-bond donors (Lipinski definition) is 1. The summed E-state index contributed by atoms with van der Waals surface area (Å²) < 4.78 is 24.6. The molecule has 19 heavy (non-hydrogen) atoms. The highest BCUT2D eigenvalue weighted by molar-refractivity contribution is 7.88. The largest absolute Gasteiger partial charge is 0.360 e. The number of hydrogen-bond acceptors (Lipinski definition) is 3. The van der Waals surface area contributed by atoms with E-state index in [2.05, 4.69) is 9.97 Å². The maximum atomic E-state index is 11.5. The first-order valence-electron chi connectivity index (χ1n) is 6.42. The van der Waals surface area contributed by atoms with E-state index in [9.17, 15) is 8.42 Å². The van der Waals surface area contributed by atoms with E-state index in [1.807, 2.05) is 18.5 Å². The van der Waals surface area contributed by atoms with E-state index in [4.69, 9.17) is 0 Å². The number of piperidine rings is 1. The molecule has 0 aromatic carbocycles. The Labute approximate surface area is 112 Å². The van der Waals surface area contributed by atoms with E-state index in [1.54, 1.807) is 10.5 Å². The molecule has 2 aromatic heterocycles. The van der Waals surface area contributed by atoms with Crippen molar-refractivity contribution in [3.63, 3.8) is 0 Å². The molecule has 3 rings (SSSR count). The quantitative estimate of drug-likeness (QED) is 0.910. The molecule has 0 atom stereocenters. The molecule has 6 heteroatoms. The van der Waals surface area contributed by atoms with Gasteiger partial charge in [-0.2, -0.15) is 0 Å². The first-order valence-corrected chi connectivity index (χ1v) is 8.26. The predicted molar refractivity (Wildman–Crippen MR) is 74.5 cm³/mol. The van der Waals surface area contributed by atoms with Crippen LogP contribution in [-0.4, -0.2) is 42.0 Å². The third-order valence-electron chi connectivity index (χ3n) is 3.88. The van der Waals surface area contributed by atoms with Crippen LogP contribution in [0.5, 0.6) is 0 Å². The molecule has 1 fully saturated rings. The standard InChI is InChI=1S/C13H17N3O2S/c1-19(17,18)16-6-3-10(4-7-16)12-8-15-13-9-14-5-2-11(12)13/h2,5,8-10,15H,3-4,6-7H2,1H3. The van der Waals surface area contributed by atoms with Crippen LogP contribution in [0.3, 0.4) is 0 Å². The first kappa shape index (κ1) is 12.6. The highest BCUT2D eigenvalue weighted by Gasteiger charge is 2.26. The second-order valence-corrected chi connectivity index (χ2v) is 7.08. The normalized spacial score (nSPS) is 19.0. The molecule has 1 saturated heterocycles. The van der Waals surface area contributed by atoms with Crippen LogP contribution in [0, 0.1) is 0 Å². The number of fused-ring (bicyclic) bond motifs is 1. The fraction of sp³-hybridized carbons (Fsp3) is 0.462. The summed E-state index contributed by atoms with van der Waals surface area (Å²) in [5.41, 5.74) is 2.33. The Balaban J connectivity index is 1.82. The van der Waals surface area contributed by atoms with Crippen molar-refractivity contribution in [2.45, 2.75) is 18.8 Å². The number of pyridine rings is 1. The molecule has 0 saturated carbocycles. The zero-order valence-corrected chi connectivity index (χ0v) is 11.7. The molecule has 0 bridgehead atoms. The maximum Gasteiger partial charge on any atom is 0.211 e. The van der Waals surface area contributed by atoms with Crippen LogP contribution in [0.4, 0.5) is 0 Å². The van der Waals surface area contributed by atoms with Crippen LogP contribution >= 0.6 is 0 Å². The Hall–Kier alpha value is -1.40. The number of nitrogens with one attached hydrogen (secondary N) is 1. The highest BCUT2D eigenvalue weighted by atomic mass is 32.2. The lowest BCUT2D eigenvalue weighted by Crippen LogP contribution is -2.37. The van der Waals surface area contributed by atoms with Crippen molar-refractivity contribution in [3.05, 3.63) is 30.2 Å². The average Bonchev–Trinajstić information content (AvgIpc) is 2.82. The minimum absolute atomic E-state index is 0.425. The SMILES string of the molecule is CS(=O)(=O)N1CCC(c2c[nH]c3cnccc23)CC1. The van der Waals surface area contributed by atoms with Gasteiger partial charge in [0.1, 0.15) is 0 Å². The summed E-state index contributed by atoms with van der Waals surface area (Å²) in [7, 11) is -3.05. The van der Waals surface area contributed by atoms with Crippen LogP contribution in [0.25, 0.3) is 10.9 Å². The number of nitrogens with zero attached hydrogens (tertiary/aromatic N) is 2. The van der Waals surface area contributed by atoms with E-state index >= 15 is 0 Å². The van der Waals surface area contributed by atoms with E-state index in [1.165, 1.54) is 17.2 Å². The average molecular weight is 279 g/mol. The van der Waals surface area contributed by atoms with Crippen molar-refractivity contribution in [2.75, 3.05) is 19.3 Å². The Morgan fingerprint density at radius 3 is 2.79 bits per heavy atom. The van der Waals surface area contributed by atoms with Gasteiger partial charge in [0.2, 0.25) is 10.0 Å². The van der Waals surface area contributed by atoms with Crippen molar-refractivity contribution in [1.29, 1.82) is 0 Å². The third-order valence-corrected chi connectivity index (χ3v) is 5.18. The van der Waals surface area contributed by atoms with Gasteiger partial charge < -0.3 is 4.98 Å². The molecule has 0 spiro atoms. The van der Waals surface area contributed by atoms with Crippen LogP contribution in [-0.2, 0) is 10.0 Å². The van der Waals surface area contributed by atoms with E-state index in [0.717, 1.165) is 18.4 Å². The van der Waals surface area contributed by atoms with Crippen molar-refractivity contribution in [3.8, 4) is 0 Å². The number of rotatable bonds is 2. The fourth-order valence-electron chi connectivity index (χ4n) is 2.83. The fourth-order valence-corrected chi connectivity index (χ4v) is 3.70. The van der Waals surface area contributed by atoms with E-state index in [-0.39, 0.29) is 0 Å². The number of H-pyrrole nitrogens is 1. The third kappa shape index (κ3) is 2.37. The minimum Gasteiger partial charge on any atom is -0.360 e. The molecular weight excluding hydrogens is 262 g/mol. The van der Waals surface area contributed by atoms with Gasteiger partial charge in [0, 0.05) is 30.9 Å². The lowest BCUT2D eigenvalue weighted by atomic mass is 9.90.